The minimum atomic E-state index is -4.59. The lowest BCUT2D eigenvalue weighted by Crippen LogP contribution is -2.38. The topological polar surface area (TPSA) is 106 Å². The molecule has 2 aromatic carbocycles. The van der Waals surface area contributed by atoms with Gasteiger partial charge >= 0.3 is 19.8 Å². The van der Waals surface area contributed by atoms with E-state index in [1.165, 1.54) is 12.0 Å². The number of carbonyl (C=O) groups excluding carboxylic acids is 2. The third kappa shape index (κ3) is 3.65. The molecular formula is C19H19N2O7P. The van der Waals surface area contributed by atoms with E-state index >= 15 is 0 Å². The first-order valence-corrected chi connectivity index (χ1v) is 10.4. The minimum absolute atomic E-state index is 0.119. The molecule has 2 aromatic rings. The van der Waals surface area contributed by atoms with Crippen LogP contribution in [0.1, 0.15) is 28.8 Å². The van der Waals surface area contributed by atoms with Crippen LogP contribution in [0.5, 0.6) is 0 Å². The van der Waals surface area contributed by atoms with Crippen molar-refractivity contribution in [2.24, 2.45) is 0 Å². The Labute approximate surface area is 167 Å². The average Bonchev–Trinajstić information content (AvgIpc) is 3.00. The van der Waals surface area contributed by atoms with Gasteiger partial charge in [-0.2, -0.15) is 9.69 Å². The Bertz CT molecular complexity index is 984. The summed E-state index contributed by atoms with van der Waals surface area (Å²) in [5.41, 5.74) is 1.91. The number of hydrogen-bond donors (Lipinski definition) is 1. The van der Waals surface area contributed by atoms with Gasteiger partial charge in [-0.15, -0.1) is 0 Å². The normalized spacial score (nSPS) is 22.2. The van der Waals surface area contributed by atoms with Crippen LogP contribution in [0.3, 0.4) is 0 Å². The third-order valence-corrected chi connectivity index (χ3v) is 5.74. The molecule has 2 aliphatic rings. The van der Waals surface area contributed by atoms with Crippen molar-refractivity contribution in [2.45, 2.75) is 18.7 Å². The van der Waals surface area contributed by atoms with Gasteiger partial charge in [0.05, 0.1) is 20.3 Å². The number of esters is 1. The fraction of sp³-hybridized carbons (Fsp3) is 0.263. The molecule has 3 unspecified atom stereocenters. The van der Waals surface area contributed by atoms with E-state index in [9.17, 15) is 19.0 Å². The molecule has 10 heteroatoms. The first kappa shape index (κ1) is 19.6. The molecule has 9 nitrogen and oxygen atoms in total. The number of fused-ring (bicyclic) bond motifs is 4. The number of methoxy groups -OCH3 is 1. The van der Waals surface area contributed by atoms with Gasteiger partial charge in [-0.05, 0) is 16.7 Å². The molecule has 0 saturated carbocycles. The number of ether oxygens (including phenoxy) is 1. The van der Waals surface area contributed by atoms with Crippen molar-refractivity contribution in [3.63, 3.8) is 0 Å². The Hall–Kier alpha value is -2.71. The van der Waals surface area contributed by atoms with Gasteiger partial charge in [-0.1, -0.05) is 54.6 Å². The van der Waals surface area contributed by atoms with Gasteiger partial charge in [-0.3, -0.25) is 4.52 Å². The van der Waals surface area contributed by atoms with E-state index in [1.54, 1.807) is 48.5 Å². The third-order valence-electron chi connectivity index (χ3n) is 4.90. The smallest absolute Gasteiger partial charge is 0.467 e. The van der Waals surface area contributed by atoms with Gasteiger partial charge in [0.1, 0.15) is 6.04 Å². The quantitative estimate of drug-likeness (QED) is 0.568. The van der Waals surface area contributed by atoms with E-state index < -0.39 is 31.9 Å². The Balaban J connectivity index is 1.57. The highest BCUT2D eigenvalue weighted by Crippen LogP contribution is 2.51. The summed E-state index contributed by atoms with van der Waals surface area (Å²) >= 11 is 0. The maximum Gasteiger partial charge on any atom is 0.494 e. The van der Waals surface area contributed by atoms with E-state index in [1.807, 2.05) is 6.07 Å². The summed E-state index contributed by atoms with van der Waals surface area (Å²) in [6.07, 6.45) is 0. The number of nitrogens with zero attached hydrogens (tertiary/aromatic N) is 2. The molecule has 152 valence electrons. The van der Waals surface area contributed by atoms with Crippen molar-refractivity contribution in [1.29, 1.82) is 0 Å². The number of phosphoric ester groups is 1. The standard InChI is InChI=1S/C19H19N2O7P/c1-26-18(22)17-15-10-6-5-9-14(15)16-11-20(17)19(23)21(16)28-29(24,25)27-12-13-7-3-2-4-8-13/h2-10,16-17H,11-12H2,1H3,(H,24,25). The summed E-state index contributed by atoms with van der Waals surface area (Å²) in [6.45, 7) is -0.0410. The van der Waals surface area contributed by atoms with Gasteiger partial charge < -0.3 is 14.5 Å². The highest BCUT2D eigenvalue weighted by Gasteiger charge is 2.53. The number of hydroxylamine groups is 2. The van der Waals surface area contributed by atoms with Crippen LogP contribution in [0.25, 0.3) is 0 Å². The van der Waals surface area contributed by atoms with Crippen LogP contribution in [0.2, 0.25) is 0 Å². The number of phosphoric acid groups is 1. The van der Waals surface area contributed by atoms with E-state index in [4.69, 9.17) is 13.9 Å². The highest BCUT2D eigenvalue weighted by molar-refractivity contribution is 7.47. The predicted molar refractivity (Wildman–Crippen MR) is 100 cm³/mol. The zero-order valence-electron chi connectivity index (χ0n) is 15.5. The molecule has 4 rings (SSSR count). The molecule has 2 amide bonds. The first-order valence-electron chi connectivity index (χ1n) is 8.89. The molecule has 0 aliphatic carbocycles. The van der Waals surface area contributed by atoms with Gasteiger partial charge in [0.25, 0.3) is 0 Å². The highest BCUT2D eigenvalue weighted by atomic mass is 31.2. The summed E-state index contributed by atoms with van der Waals surface area (Å²) in [6, 6.07) is 13.5. The summed E-state index contributed by atoms with van der Waals surface area (Å²) in [4.78, 5) is 36.6. The van der Waals surface area contributed by atoms with Crippen LogP contribution in [-0.4, -0.2) is 40.5 Å². The van der Waals surface area contributed by atoms with Crippen LogP contribution in [0.4, 0.5) is 4.79 Å². The molecule has 0 spiro atoms. The largest absolute Gasteiger partial charge is 0.494 e. The number of urea groups is 1. The van der Waals surface area contributed by atoms with Crippen LogP contribution in [0, 0.1) is 0 Å². The summed E-state index contributed by atoms with van der Waals surface area (Å²) < 4.78 is 27.5. The molecule has 2 bridgehead atoms. The van der Waals surface area contributed by atoms with E-state index in [-0.39, 0.29) is 13.2 Å². The Morgan fingerprint density at radius 1 is 1.14 bits per heavy atom. The molecule has 29 heavy (non-hydrogen) atoms. The number of benzene rings is 2. The Kier molecular flexibility index (Phi) is 5.14. The summed E-state index contributed by atoms with van der Waals surface area (Å²) in [5.74, 6) is -0.599. The van der Waals surface area contributed by atoms with Gasteiger partial charge in [-0.25, -0.2) is 14.2 Å². The Morgan fingerprint density at radius 3 is 2.48 bits per heavy atom. The molecule has 1 saturated heterocycles. The summed E-state index contributed by atoms with van der Waals surface area (Å²) in [5, 5.41) is 0.813. The number of amides is 2. The SMILES string of the molecule is COC(=O)C1c2ccccc2C2CN1C(=O)N2OP(=O)(O)OCc1ccccc1. The first-order chi connectivity index (χ1) is 13.9. The second kappa shape index (κ2) is 7.61. The van der Waals surface area contributed by atoms with Crippen molar-refractivity contribution in [3.8, 4) is 0 Å². The lowest BCUT2D eigenvalue weighted by atomic mass is 9.91. The van der Waals surface area contributed by atoms with Gasteiger partial charge in [0, 0.05) is 0 Å². The van der Waals surface area contributed by atoms with Crippen LogP contribution in [0.15, 0.2) is 54.6 Å². The maximum absolute atomic E-state index is 12.9. The molecule has 1 N–H and O–H groups in total. The number of rotatable bonds is 6. The number of carbonyl (C=O) groups is 2. The molecule has 0 radical (unpaired) electrons. The van der Waals surface area contributed by atoms with E-state index in [0.717, 1.165) is 5.06 Å². The van der Waals surface area contributed by atoms with Crippen molar-refractivity contribution < 1.29 is 32.9 Å². The zero-order chi connectivity index (χ0) is 20.6. The summed E-state index contributed by atoms with van der Waals surface area (Å²) in [7, 11) is -3.35. The van der Waals surface area contributed by atoms with Crippen molar-refractivity contribution in [2.75, 3.05) is 13.7 Å². The average molecular weight is 418 g/mol. The lowest BCUT2D eigenvalue weighted by molar-refractivity contribution is -0.146. The van der Waals surface area contributed by atoms with Gasteiger partial charge in [0.15, 0.2) is 6.04 Å². The molecule has 3 atom stereocenters. The van der Waals surface area contributed by atoms with Crippen LogP contribution in [-0.2, 0) is 29.9 Å². The maximum atomic E-state index is 12.9. The van der Waals surface area contributed by atoms with Crippen LogP contribution < -0.4 is 0 Å². The number of hydrogen-bond acceptors (Lipinski definition) is 6. The molecule has 0 aromatic heterocycles. The molecule has 2 aliphatic heterocycles. The van der Waals surface area contributed by atoms with Crippen molar-refractivity contribution in [3.05, 3.63) is 71.3 Å². The monoisotopic (exact) mass is 418 g/mol. The Morgan fingerprint density at radius 2 is 1.79 bits per heavy atom. The van der Waals surface area contributed by atoms with E-state index in [0.29, 0.717) is 16.7 Å². The molecule has 1 fully saturated rings. The fourth-order valence-corrected chi connectivity index (χ4v) is 4.36. The van der Waals surface area contributed by atoms with Gasteiger partial charge in [0.2, 0.25) is 0 Å². The van der Waals surface area contributed by atoms with Crippen molar-refractivity contribution in [1.82, 2.24) is 9.96 Å². The van der Waals surface area contributed by atoms with E-state index in [2.05, 4.69) is 0 Å². The van der Waals surface area contributed by atoms with Crippen LogP contribution >= 0.6 is 7.82 Å². The predicted octanol–water partition coefficient (Wildman–Crippen LogP) is 2.94. The second-order valence-corrected chi connectivity index (χ2v) is 8.00. The fourth-order valence-electron chi connectivity index (χ4n) is 3.59. The lowest BCUT2D eigenvalue weighted by Gasteiger charge is -2.30. The zero-order valence-corrected chi connectivity index (χ0v) is 16.4. The molecule has 2 heterocycles. The minimum Gasteiger partial charge on any atom is -0.467 e. The molecular weight excluding hydrogens is 399 g/mol. The second-order valence-electron chi connectivity index (χ2n) is 6.64. The van der Waals surface area contributed by atoms with Crippen molar-refractivity contribution >= 4 is 19.8 Å².